The van der Waals surface area contributed by atoms with Gasteiger partial charge >= 0.3 is 0 Å². The van der Waals surface area contributed by atoms with Gasteiger partial charge < -0.3 is 14.6 Å². The van der Waals surface area contributed by atoms with Crippen molar-refractivity contribution in [2.75, 3.05) is 20.1 Å². The molecule has 2 rings (SSSR count). The van der Waals surface area contributed by atoms with Crippen molar-refractivity contribution >= 4 is 21.8 Å². The highest BCUT2D eigenvalue weighted by atomic mass is 79.9. The predicted molar refractivity (Wildman–Crippen MR) is 64.4 cm³/mol. The smallest absolute Gasteiger partial charge is 0.258 e. The molecule has 1 aliphatic rings. The van der Waals surface area contributed by atoms with Gasteiger partial charge in [-0.25, -0.2) is 0 Å². The van der Waals surface area contributed by atoms with E-state index in [4.69, 9.17) is 4.42 Å². The molecule has 1 N–H and O–H groups in total. The summed E-state index contributed by atoms with van der Waals surface area (Å²) in [6, 6.07) is 2.12. The number of amides is 1. The van der Waals surface area contributed by atoms with Crippen LogP contribution in [0.2, 0.25) is 0 Å². The van der Waals surface area contributed by atoms with Gasteiger partial charge in [-0.15, -0.1) is 0 Å². The molecule has 1 unspecified atom stereocenters. The topological polar surface area (TPSA) is 45.5 Å². The molecule has 2 heterocycles. The maximum atomic E-state index is 12.0. The number of furan rings is 1. The van der Waals surface area contributed by atoms with Crippen LogP contribution in [-0.2, 0) is 0 Å². The zero-order valence-corrected chi connectivity index (χ0v) is 10.8. The summed E-state index contributed by atoms with van der Waals surface area (Å²) in [6.45, 7) is 1.80. The molecule has 1 atom stereocenters. The van der Waals surface area contributed by atoms with Crippen LogP contribution < -0.4 is 5.32 Å². The van der Waals surface area contributed by atoms with Crippen LogP contribution in [0.25, 0.3) is 0 Å². The number of hydrogen-bond acceptors (Lipinski definition) is 3. The third kappa shape index (κ3) is 2.47. The Morgan fingerprint density at radius 3 is 3.12 bits per heavy atom. The highest BCUT2D eigenvalue weighted by molar-refractivity contribution is 9.10. The Kier molecular flexibility index (Phi) is 3.66. The van der Waals surface area contributed by atoms with Crippen molar-refractivity contribution in [2.24, 2.45) is 0 Å². The quantitative estimate of drug-likeness (QED) is 0.923. The van der Waals surface area contributed by atoms with Crippen molar-refractivity contribution in [3.05, 3.63) is 22.6 Å². The Labute approximate surface area is 103 Å². The zero-order chi connectivity index (χ0) is 11.5. The van der Waals surface area contributed by atoms with Crippen LogP contribution in [0.5, 0.6) is 0 Å². The lowest BCUT2D eigenvalue weighted by Crippen LogP contribution is -2.38. The number of carbonyl (C=O) groups excluding carboxylic acids is 1. The van der Waals surface area contributed by atoms with Gasteiger partial charge in [0.15, 0.2) is 4.67 Å². The fourth-order valence-corrected chi connectivity index (χ4v) is 2.39. The minimum atomic E-state index is -0.00525. The van der Waals surface area contributed by atoms with Crippen LogP contribution in [-0.4, -0.2) is 37.0 Å². The second-order valence-electron chi connectivity index (χ2n) is 4.09. The van der Waals surface area contributed by atoms with Crippen molar-refractivity contribution in [1.29, 1.82) is 0 Å². The van der Waals surface area contributed by atoms with Gasteiger partial charge in [0.05, 0.1) is 11.8 Å². The lowest BCUT2D eigenvalue weighted by molar-refractivity contribution is 0.0782. The first-order chi connectivity index (χ1) is 7.68. The number of hydrogen-bond donors (Lipinski definition) is 1. The van der Waals surface area contributed by atoms with Gasteiger partial charge in [-0.3, -0.25) is 4.79 Å². The first-order valence-electron chi connectivity index (χ1n) is 5.40. The van der Waals surface area contributed by atoms with Gasteiger partial charge in [0, 0.05) is 19.6 Å². The highest BCUT2D eigenvalue weighted by Gasteiger charge is 2.21. The summed E-state index contributed by atoms with van der Waals surface area (Å²) < 4.78 is 5.56. The van der Waals surface area contributed by atoms with E-state index in [0.29, 0.717) is 16.3 Å². The molecule has 1 fully saturated rings. The fourth-order valence-electron chi connectivity index (χ4n) is 1.98. The molecule has 0 saturated carbocycles. The SMILES string of the molecule is CN(CC1CCCN1)C(=O)c1ccoc1Br. The Morgan fingerprint density at radius 1 is 1.75 bits per heavy atom. The summed E-state index contributed by atoms with van der Waals surface area (Å²) in [5, 5.41) is 3.37. The lowest BCUT2D eigenvalue weighted by Gasteiger charge is -2.20. The molecule has 4 nitrogen and oxygen atoms in total. The van der Waals surface area contributed by atoms with Gasteiger partial charge in [-0.2, -0.15) is 0 Å². The summed E-state index contributed by atoms with van der Waals surface area (Å²) in [6.07, 6.45) is 3.85. The number of carbonyl (C=O) groups is 1. The Balaban J connectivity index is 1.96. The molecule has 0 aliphatic carbocycles. The number of nitrogens with zero attached hydrogens (tertiary/aromatic N) is 1. The average Bonchev–Trinajstić information content (AvgIpc) is 2.88. The molecule has 0 radical (unpaired) electrons. The van der Waals surface area contributed by atoms with Gasteiger partial charge in [-0.05, 0) is 41.4 Å². The maximum absolute atomic E-state index is 12.0. The number of nitrogens with one attached hydrogen (secondary N) is 1. The van der Waals surface area contributed by atoms with Crippen molar-refractivity contribution in [3.8, 4) is 0 Å². The van der Waals surface area contributed by atoms with Crippen molar-refractivity contribution in [1.82, 2.24) is 10.2 Å². The van der Waals surface area contributed by atoms with Gasteiger partial charge in [0.25, 0.3) is 5.91 Å². The third-order valence-corrected chi connectivity index (χ3v) is 3.47. The molecule has 0 bridgehead atoms. The van der Waals surface area contributed by atoms with E-state index in [1.807, 2.05) is 7.05 Å². The molecule has 5 heteroatoms. The Morgan fingerprint density at radius 2 is 2.56 bits per heavy atom. The molecular weight excluding hydrogens is 272 g/mol. The summed E-state index contributed by atoms with van der Waals surface area (Å²) >= 11 is 3.22. The first-order valence-corrected chi connectivity index (χ1v) is 6.19. The monoisotopic (exact) mass is 286 g/mol. The van der Waals surface area contributed by atoms with E-state index in [2.05, 4.69) is 21.2 Å². The van der Waals surface area contributed by atoms with Crippen LogP contribution in [0.15, 0.2) is 21.4 Å². The number of rotatable bonds is 3. The molecule has 0 aromatic carbocycles. The van der Waals surface area contributed by atoms with Crippen molar-refractivity contribution in [3.63, 3.8) is 0 Å². The van der Waals surface area contributed by atoms with E-state index >= 15 is 0 Å². The molecule has 88 valence electrons. The minimum Gasteiger partial charge on any atom is -0.457 e. The second-order valence-corrected chi connectivity index (χ2v) is 4.81. The van der Waals surface area contributed by atoms with Crippen molar-refractivity contribution < 1.29 is 9.21 Å². The molecule has 1 aromatic rings. The van der Waals surface area contributed by atoms with Crippen LogP contribution in [0.1, 0.15) is 23.2 Å². The Bertz CT molecular complexity index is 372. The average molecular weight is 287 g/mol. The molecule has 1 amide bonds. The maximum Gasteiger partial charge on any atom is 0.258 e. The van der Waals surface area contributed by atoms with Gasteiger partial charge in [0.2, 0.25) is 0 Å². The van der Waals surface area contributed by atoms with Crippen LogP contribution in [0, 0.1) is 0 Å². The summed E-state index contributed by atoms with van der Waals surface area (Å²) in [5.74, 6) is -0.00525. The molecule has 1 aromatic heterocycles. The standard InChI is InChI=1S/C11H15BrN2O2/c1-14(7-8-3-2-5-13-8)11(15)9-4-6-16-10(9)12/h4,6,8,13H,2-3,5,7H2,1H3. The van der Waals surface area contributed by atoms with Gasteiger partial charge in [0.1, 0.15) is 0 Å². The van der Waals surface area contributed by atoms with Gasteiger partial charge in [-0.1, -0.05) is 0 Å². The van der Waals surface area contributed by atoms with E-state index in [1.165, 1.54) is 12.7 Å². The number of halogens is 1. The largest absolute Gasteiger partial charge is 0.457 e. The summed E-state index contributed by atoms with van der Waals surface area (Å²) in [5.41, 5.74) is 0.584. The molecular formula is C11H15BrN2O2. The van der Waals surface area contributed by atoms with Crippen LogP contribution in [0.4, 0.5) is 0 Å². The fraction of sp³-hybridized carbons (Fsp3) is 0.545. The third-order valence-electron chi connectivity index (χ3n) is 2.85. The first kappa shape index (κ1) is 11.7. The highest BCUT2D eigenvalue weighted by Crippen LogP contribution is 2.19. The predicted octanol–water partition coefficient (Wildman–Crippen LogP) is 1.87. The summed E-state index contributed by atoms with van der Waals surface area (Å²) in [7, 11) is 1.82. The van der Waals surface area contributed by atoms with Crippen LogP contribution >= 0.6 is 15.9 Å². The molecule has 1 saturated heterocycles. The van der Waals surface area contributed by atoms with Crippen LogP contribution in [0.3, 0.4) is 0 Å². The lowest BCUT2D eigenvalue weighted by atomic mass is 10.2. The normalized spacial score (nSPS) is 20.0. The molecule has 1 aliphatic heterocycles. The Hall–Kier alpha value is -0.810. The molecule has 16 heavy (non-hydrogen) atoms. The minimum absolute atomic E-state index is 0.00525. The second kappa shape index (κ2) is 5.01. The van der Waals surface area contributed by atoms with E-state index in [9.17, 15) is 4.79 Å². The number of likely N-dealkylation sites (N-methyl/N-ethyl adjacent to an activating group) is 1. The van der Waals surface area contributed by atoms with E-state index in [-0.39, 0.29) is 5.91 Å². The summed E-state index contributed by atoms with van der Waals surface area (Å²) in [4.78, 5) is 13.8. The van der Waals surface area contributed by atoms with E-state index in [0.717, 1.165) is 19.5 Å². The zero-order valence-electron chi connectivity index (χ0n) is 9.20. The van der Waals surface area contributed by atoms with Crippen molar-refractivity contribution in [2.45, 2.75) is 18.9 Å². The van der Waals surface area contributed by atoms with E-state index in [1.54, 1.807) is 11.0 Å². The van der Waals surface area contributed by atoms with E-state index < -0.39 is 0 Å². The molecule has 0 spiro atoms.